The predicted octanol–water partition coefficient (Wildman–Crippen LogP) is 5.82. The summed E-state index contributed by atoms with van der Waals surface area (Å²) < 4.78 is 18.6. The molecule has 1 unspecified atom stereocenters. The molecule has 2 bridgehead atoms. The number of benzene rings is 2. The van der Waals surface area contributed by atoms with Gasteiger partial charge in [0, 0.05) is 23.9 Å². The molecule has 5 fully saturated rings. The van der Waals surface area contributed by atoms with Crippen LogP contribution >= 0.6 is 0 Å². The van der Waals surface area contributed by atoms with Crippen molar-refractivity contribution in [3.63, 3.8) is 0 Å². The standard InChI is InChI=1S/C32H39N3O7/c1-18-6-7-20(3)26(16-18)34-30(37)35-33-17-22-9-11-23(12-10-22)27(36)38-28-21(4)25-13-8-19(2)24-14-15-31(5)40-29(39-28)32(24,25)42-41-31/h6-7,9-12,16-17,19,21,24-25,28-29H,8,13-15H2,1-5H3,(H2,34,35,37)/b33-17+/t19-,21-,24+,25+,28-,29-,31?,32-/m1/s1. The number of nitrogens with zero attached hydrogens (tertiary/aromatic N) is 1. The Bertz CT molecular complexity index is 1380. The van der Waals surface area contributed by atoms with Crippen molar-refractivity contribution in [2.75, 3.05) is 5.32 Å². The molecule has 1 saturated carbocycles. The number of rotatable bonds is 5. The topological polar surface area (TPSA) is 117 Å². The first-order valence-corrected chi connectivity index (χ1v) is 14.8. The molecule has 8 atom stereocenters. The summed E-state index contributed by atoms with van der Waals surface area (Å²) in [6.45, 7) is 10.1. The van der Waals surface area contributed by atoms with E-state index in [1.807, 2.05) is 45.9 Å². The third-order valence-corrected chi connectivity index (χ3v) is 9.49. The van der Waals surface area contributed by atoms with Gasteiger partial charge in [-0.3, -0.25) is 0 Å². The van der Waals surface area contributed by atoms with E-state index in [4.69, 9.17) is 24.0 Å². The largest absolute Gasteiger partial charge is 0.432 e. The third-order valence-electron chi connectivity index (χ3n) is 9.49. The highest BCUT2D eigenvalue weighted by molar-refractivity contribution is 5.92. The van der Waals surface area contributed by atoms with Gasteiger partial charge in [0.05, 0.1) is 11.8 Å². The number of aryl methyl sites for hydroxylation is 2. The second-order valence-corrected chi connectivity index (χ2v) is 12.4. The Balaban J connectivity index is 1.08. The van der Waals surface area contributed by atoms with Crippen LogP contribution in [0.15, 0.2) is 47.6 Å². The molecule has 224 valence electrons. The second-order valence-electron chi connectivity index (χ2n) is 12.4. The van der Waals surface area contributed by atoms with Gasteiger partial charge < -0.3 is 19.5 Å². The average Bonchev–Trinajstić information content (AvgIpc) is 3.19. The lowest BCUT2D eigenvalue weighted by Crippen LogP contribution is -2.70. The molecule has 0 radical (unpaired) electrons. The molecule has 4 saturated heterocycles. The summed E-state index contributed by atoms with van der Waals surface area (Å²) in [5.41, 5.74) is 5.58. The number of hydrazone groups is 1. The second kappa shape index (κ2) is 11.1. The van der Waals surface area contributed by atoms with Crippen molar-refractivity contribution in [1.29, 1.82) is 0 Å². The van der Waals surface area contributed by atoms with E-state index in [2.05, 4.69) is 22.8 Å². The summed E-state index contributed by atoms with van der Waals surface area (Å²) in [5, 5.41) is 6.80. The van der Waals surface area contributed by atoms with Gasteiger partial charge in [-0.15, -0.1) is 0 Å². The number of carbonyl (C=O) groups is 2. The first-order chi connectivity index (χ1) is 20.1. The molecule has 2 aromatic carbocycles. The molecule has 0 aromatic heterocycles. The van der Waals surface area contributed by atoms with Gasteiger partial charge in [0.1, 0.15) is 0 Å². The zero-order chi connectivity index (χ0) is 29.6. The van der Waals surface area contributed by atoms with Crippen molar-refractivity contribution in [3.05, 3.63) is 64.7 Å². The number of hydrogen-bond acceptors (Lipinski definition) is 8. The zero-order valence-electron chi connectivity index (χ0n) is 24.7. The van der Waals surface area contributed by atoms with Crippen molar-refractivity contribution < 1.29 is 33.6 Å². The van der Waals surface area contributed by atoms with Gasteiger partial charge in [0.15, 0.2) is 11.9 Å². The van der Waals surface area contributed by atoms with Gasteiger partial charge >= 0.3 is 12.0 Å². The first-order valence-electron chi connectivity index (χ1n) is 14.8. The van der Waals surface area contributed by atoms with Crippen LogP contribution in [-0.2, 0) is 24.0 Å². The van der Waals surface area contributed by atoms with Crippen molar-refractivity contribution >= 4 is 23.9 Å². The highest BCUT2D eigenvalue weighted by Gasteiger charge is 2.69. The van der Waals surface area contributed by atoms with Gasteiger partial charge in [0.2, 0.25) is 12.1 Å². The van der Waals surface area contributed by atoms with Crippen molar-refractivity contribution in [1.82, 2.24) is 5.43 Å². The molecule has 10 heteroatoms. The van der Waals surface area contributed by atoms with E-state index in [9.17, 15) is 9.59 Å². The number of fused-ring (bicyclic) bond motifs is 2. The summed E-state index contributed by atoms with van der Waals surface area (Å²) in [5.74, 6) is -0.723. The molecule has 10 nitrogen and oxygen atoms in total. The normalized spacial score (nSPS) is 35.3. The Hall–Kier alpha value is -3.31. The molecule has 2 aromatic rings. The number of esters is 1. The van der Waals surface area contributed by atoms with Crippen LogP contribution in [0.2, 0.25) is 0 Å². The van der Waals surface area contributed by atoms with Gasteiger partial charge in [-0.05, 0) is 86.8 Å². The van der Waals surface area contributed by atoms with Gasteiger partial charge in [-0.2, -0.15) is 5.10 Å². The van der Waals surface area contributed by atoms with E-state index < -0.39 is 36.0 Å². The minimum atomic E-state index is -0.890. The smallest absolute Gasteiger partial charge is 0.340 e. The SMILES string of the molecule is Cc1ccc(C)c(NC(=O)N/N=C/c2ccc(C(=O)O[C@@H]3O[C@@H]4OC5(C)CC[C@H]6[C@H](C)CC[C@@H]([C@H]3C)[C@@]46OO5)cc2)c1. The molecule has 7 rings (SSSR count). The fraction of sp³-hybridized carbons (Fsp3) is 0.531. The van der Waals surface area contributed by atoms with Gasteiger partial charge in [-0.25, -0.2) is 24.8 Å². The molecule has 5 aliphatic rings. The summed E-state index contributed by atoms with van der Waals surface area (Å²) in [6, 6.07) is 12.2. The molecule has 1 aliphatic carbocycles. The van der Waals surface area contributed by atoms with Crippen molar-refractivity contribution in [3.8, 4) is 0 Å². The quantitative estimate of drug-likeness (QED) is 0.199. The number of ether oxygens (including phenoxy) is 3. The predicted molar refractivity (Wildman–Crippen MR) is 154 cm³/mol. The van der Waals surface area contributed by atoms with Crippen LogP contribution in [-0.4, -0.2) is 42.2 Å². The van der Waals surface area contributed by atoms with Crippen LogP contribution in [0.3, 0.4) is 0 Å². The highest BCUT2D eigenvalue weighted by Crippen LogP contribution is 2.60. The third kappa shape index (κ3) is 5.21. The van der Waals surface area contributed by atoms with Crippen LogP contribution in [0.5, 0.6) is 0 Å². The van der Waals surface area contributed by atoms with Crippen molar-refractivity contribution in [2.24, 2.45) is 28.8 Å². The summed E-state index contributed by atoms with van der Waals surface area (Å²) in [4.78, 5) is 37.4. The molecule has 2 N–H and O–H groups in total. The maximum Gasteiger partial charge on any atom is 0.340 e. The fourth-order valence-electron chi connectivity index (χ4n) is 7.07. The number of amides is 2. The molecule has 4 heterocycles. The Morgan fingerprint density at radius 2 is 1.81 bits per heavy atom. The van der Waals surface area contributed by atoms with Crippen LogP contribution in [0.4, 0.5) is 10.5 Å². The van der Waals surface area contributed by atoms with Crippen LogP contribution < -0.4 is 10.7 Å². The van der Waals surface area contributed by atoms with Gasteiger partial charge in [0.25, 0.3) is 0 Å². The maximum atomic E-state index is 13.2. The number of anilines is 1. The van der Waals surface area contributed by atoms with Gasteiger partial charge in [-0.1, -0.05) is 38.1 Å². The van der Waals surface area contributed by atoms with E-state index in [1.165, 1.54) is 6.21 Å². The Labute approximate surface area is 246 Å². The number of nitrogens with one attached hydrogen (secondary N) is 2. The average molecular weight is 578 g/mol. The minimum Gasteiger partial charge on any atom is -0.432 e. The van der Waals surface area contributed by atoms with Crippen LogP contribution in [0, 0.1) is 37.5 Å². The van der Waals surface area contributed by atoms with Crippen LogP contribution in [0.25, 0.3) is 0 Å². The maximum absolute atomic E-state index is 13.2. The Morgan fingerprint density at radius 3 is 2.60 bits per heavy atom. The first kappa shape index (κ1) is 28.8. The lowest BCUT2D eigenvalue weighted by Gasteiger charge is -2.59. The van der Waals surface area contributed by atoms with Crippen molar-refractivity contribution in [2.45, 2.75) is 84.3 Å². The summed E-state index contributed by atoms with van der Waals surface area (Å²) in [7, 11) is 0. The Morgan fingerprint density at radius 1 is 1.02 bits per heavy atom. The lowest BCUT2D eigenvalue weighted by atomic mass is 9.58. The molecule has 42 heavy (non-hydrogen) atoms. The molecular formula is C32H39N3O7. The van der Waals surface area contributed by atoms with E-state index in [0.717, 1.165) is 42.5 Å². The van der Waals surface area contributed by atoms with Crippen LogP contribution in [0.1, 0.15) is 73.5 Å². The molecule has 2 amide bonds. The lowest BCUT2D eigenvalue weighted by molar-refractivity contribution is -0.576. The minimum absolute atomic E-state index is 0.0658. The zero-order valence-corrected chi connectivity index (χ0v) is 24.7. The molecule has 4 aliphatic heterocycles. The van der Waals surface area contributed by atoms with E-state index in [1.54, 1.807) is 24.3 Å². The highest BCUT2D eigenvalue weighted by atomic mass is 17.3. The Kier molecular flexibility index (Phi) is 7.59. The number of hydrogen-bond donors (Lipinski definition) is 2. The van der Waals surface area contributed by atoms with E-state index in [0.29, 0.717) is 17.0 Å². The number of urea groups is 1. The van der Waals surface area contributed by atoms with E-state index >= 15 is 0 Å². The monoisotopic (exact) mass is 577 g/mol. The summed E-state index contributed by atoms with van der Waals surface area (Å²) >= 11 is 0. The molecule has 1 spiro atoms. The van der Waals surface area contributed by atoms with E-state index in [-0.39, 0.29) is 17.8 Å². The number of carbonyl (C=O) groups excluding carboxylic acids is 2. The fourth-order valence-corrected chi connectivity index (χ4v) is 7.07. The molecular weight excluding hydrogens is 538 g/mol. The summed E-state index contributed by atoms with van der Waals surface area (Å²) in [6.07, 6.45) is 3.69.